The molecule has 4 nitrogen and oxygen atoms in total. The Balaban J connectivity index is 1.36. The molecule has 4 atom stereocenters. The second kappa shape index (κ2) is 5.21. The van der Waals surface area contributed by atoms with Crippen LogP contribution in [-0.2, 0) is 0 Å². The molecular weight excluding hydrogens is 343 g/mol. The Morgan fingerprint density at radius 3 is 2.74 bits per heavy atom. The summed E-state index contributed by atoms with van der Waals surface area (Å²) in [6.45, 7) is 0. The quantitative estimate of drug-likeness (QED) is 0.871. The van der Waals surface area contributed by atoms with Crippen LogP contribution in [0, 0.1) is 23.1 Å². The van der Waals surface area contributed by atoms with Crippen LogP contribution in [0.25, 0.3) is 5.69 Å². The zero-order chi connectivity index (χ0) is 18.4. The summed E-state index contributed by atoms with van der Waals surface area (Å²) >= 11 is 0. The highest BCUT2D eigenvalue weighted by molar-refractivity contribution is 5.53. The lowest BCUT2D eigenvalue weighted by Gasteiger charge is -2.61. The van der Waals surface area contributed by atoms with Gasteiger partial charge in [0.2, 0.25) is 0 Å². The highest BCUT2D eigenvalue weighted by Crippen LogP contribution is 2.63. The lowest BCUT2D eigenvalue weighted by molar-refractivity contribution is -0.196. The molecule has 142 valence electrons. The standard InChI is InChI=1S/C22H25FN2O2/c23-16-2-1-3-17-20(16)15(18-10-24-12-25(17)18)5-19(26)21-6-13-4-14(7-21)9-22(27,8-13)11-21/h1-3,10,12-15,19,26-27H,4-9,11H2. The van der Waals surface area contributed by atoms with Gasteiger partial charge in [-0.2, -0.15) is 0 Å². The van der Waals surface area contributed by atoms with Gasteiger partial charge in [0, 0.05) is 17.7 Å². The van der Waals surface area contributed by atoms with E-state index in [1.54, 1.807) is 18.6 Å². The number of fused-ring (bicyclic) bond motifs is 3. The smallest absolute Gasteiger partial charge is 0.129 e. The van der Waals surface area contributed by atoms with Crippen molar-refractivity contribution in [1.82, 2.24) is 9.55 Å². The molecule has 1 aromatic carbocycles. The molecule has 0 saturated heterocycles. The van der Waals surface area contributed by atoms with Gasteiger partial charge in [0.25, 0.3) is 0 Å². The Hall–Kier alpha value is -1.72. The van der Waals surface area contributed by atoms with Crippen molar-refractivity contribution < 1.29 is 14.6 Å². The molecule has 4 saturated carbocycles. The molecule has 1 aromatic heterocycles. The Bertz CT molecular complexity index is 909. The Morgan fingerprint density at radius 1 is 1.22 bits per heavy atom. The van der Waals surface area contributed by atoms with Gasteiger partial charge in [-0.1, -0.05) is 6.07 Å². The molecule has 7 rings (SSSR count). The SMILES string of the molecule is OC(CC1c2c(F)cccc2-n2cncc21)C12CC3CC(CC(O)(C3)C1)C2. The molecule has 0 amide bonds. The first-order valence-corrected chi connectivity index (χ1v) is 10.2. The van der Waals surface area contributed by atoms with Gasteiger partial charge in [-0.05, 0) is 74.3 Å². The van der Waals surface area contributed by atoms with E-state index in [2.05, 4.69) is 4.98 Å². The largest absolute Gasteiger partial charge is 0.393 e. The molecule has 5 heteroatoms. The lowest BCUT2D eigenvalue weighted by Crippen LogP contribution is -2.59. The van der Waals surface area contributed by atoms with Crippen LogP contribution < -0.4 is 0 Å². The van der Waals surface area contributed by atoms with Crippen molar-refractivity contribution in [3.63, 3.8) is 0 Å². The van der Waals surface area contributed by atoms with E-state index < -0.39 is 11.7 Å². The van der Waals surface area contributed by atoms with E-state index in [-0.39, 0.29) is 17.2 Å². The maximum atomic E-state index is 14.7. The summed E-state index contributed by atoms with van der Waals surface area (Å²) in [6, 6.07) is 5.15. The number of benzene rings is 1. The van der Waals surface area contributed by atoms with E-state index in [1.807, 2.05) is 10.6 Å². The Kier molecular flexibility index (Phi) is 3.13. The van der Waals surface area contributed by atoms with Gasteiger partial charge in [-0.25, -0.2) is 9.37 Å². The van der Waals surface area contributed by atoms with Crippen LogP contribution in [-0.4, -0.2) is 31.5 Å². The third-order valence-electron chi connectivity index (χ3n) is 7.90. The summed E-state index contributed by atoms with van der Waals surface area (Å²) in [4.78, 5) is 4.25. The molecule has 4 unspecified atom stereocenters. The second-order valence-corrected chi connectivity index (χ2v) is 9.71. The number of hydrogen-bond acceptors (Lipinski definition) is 3. The minimum atomic E-state index is -0.592. The molecule has 2 heterocycles. The maximum Gasteiger partial charge on any atom is 0.129 e. The van der Waals surface area contributed by atoms with Gasteiger partial charge >= 0.3 is 0 Å². The lowest BCUT2D eigenvalue weighted by atomic mass is 9.46. The van der Waals surface area contributed by atoms with Crippen molar-refractivity contribution in [3.8, 4) is 5.69 Å². The number of hydrogen-bond donors (Lipinski definition) is 2. The molecule has 5 aliphatic rings. The number of aliphatic hydroxyl groups excluding tert-OH is 1. The summed E-state index contributed by atoms with van der Waals surface area (Å²) in [7, 11) is 0. The number of aromatic nitrogens is 2. The minimum absolute atomic E-state index is 0.179. The number of rotatable bonds is 3. The summed E-state index contributed by atoms with van der Waals surface area (Å²) in [5.74, 6) is 0.673. The van der Waals surface area contributed by atoms with Crippen LogP contribution in [0.15, 0.2) is 30.7 Å². The van der Waals surface area contributed by atoms with Crippen LogP contribution in [0.3, 0.4) is 0 Å². The predicted octanol–water partition coefficient (Wildman–Crippen LogP) is 3.54. The van der Waals surface area contributed by atoms with Crippen molar-refractivity contribution in [2.45, 2.75) is 62.6 Å². The number of imidazole rings is 1. The summed E-state index contributed by atoms with van der Waals surface area (Å²) < 4.78 is 16.6. The van der Waals surface area contributed by atoms with E-state index in [0.717, 1.165) is 37.1 Å². The van der Waals surface area contributed by atoms with Crippen LogP contribution >= 0.6 is 0 Å². The van der Waals surface area contributed by atoms with Gasteiger partial charge < -0.3 is 14.8 Å². The van der Waals surface area contributed by atoms with Gasteiger partial charge in [0.05, 0.1) is 29.4 Å². The summed E-state index contributed by atoms with van der Waals surface area (Å²) in [6.07, 6.45) is 9.18. The van der Waals surface area contributed by atoms with E-state index in [4.69, 9.17) is 0 Å². The molecule has 27 heavy (non-hydrogen) atoms. The first kappa shape index (κ1) is 16.3. The summed E-state index contributed by atoms with van der Waals surface area (Å²) in [5, 5.41) is 22.4. The third-order valence-corrected chi connectivity index (χ3v) is 7.90. The van der Waals surface area contributed by atoms with E-state index >= 15 is 0 Å². The fraction of sp³-hybridized carbons (Fsp3) is 0.591. The molecule has 4 fully saturated rings. The minimum Gasteiger partial charge on any atom is -0.393 e. The zero-order valence-electron chi connectivity index (χ0n) is 15.3. The normalized spacial score (nSPS) is 39.4. The maximum absolute atomic E-state index is 14.7. The molecular formula is C22H25FN2O2. The highest BCUT2D eigenvalue weighted by atomic mass is 19.1. The van der Waals surface area contributed by atoms with Crippen LogP contribution in [0.1, 0.15) is 62.1 Å². The Labute approximate surface area is 158 Å². The van der Waals surface area contributed by atoms with Gasteiger partial charge in [-0.15, -0.1) is 0 Å². The molecule has 1 aliphatic heterocycles. The van der Waals surface area contributed by atoms with Crippen LogP contribution in [0.5, 0.6) is 0 Å². The first-order chi connectivity index (χ1) is 13.0. The van der Waals surface area contributed by atoms with E-state index in [0.29, 0.717) is 30.2 Å². The Morgan fingerprint density at radius 2 is 2.00 bits per heavy atom. The zero-order valence-corrected chi connectivity index (χ0v) is 15.3. The van der Waals surface area contributed by atoms with Crippen molar-refractivity contribution >= 4 is 0 Å². The van der Waals surface area contributed by atoms with Crippen molar-refractivity contribution in [3.05, 3.63) is 47.8 Å². The molecule has 4 aliphatic carbocycles. The van der Waals surface area contributed by atoms with E-state index in [9.17, 15) is 14.6 Å². The monoisotopic (exact) mass is 368 g/mol. The number of aliphatic hydroxyl groups is 2. The van der Waals surface area contributed by atoms with Crippen molar-refractivity contribution in [2.24, 2.45) is 17.3 Å². The highest BCUT2D eigenvalue weighted by Gasteiger charge is 2.59. The second-order valence-electron chi connectivity index (χ2n) is 9.71. The fourth-order valence-electron chi connectivity index (χ4n) is 7.38. The molecule has 0 radical (unpaired) electrons. The average molecular weight is 368 g/mol. The number of nitrogens with zero attached hydrogens (tertiary/aromatic N) is 2. The molecule has 2 aromatic rings. The van der Waals surface area contributed by atoms with Crippen LogP contribution in [0.2, 0.25) is 0 Å². The van der Waals surface area contributed by atoms with Crippen molar-refractivity contribution in [2.75, 3.05) is 0 Å². The first-order valence-electron chi connectivity index (χ1n) is 10.2. The molecule has 0 spiro atoms. The van der Waals surface area contributed by atoms with E-state index in [1.165, 1.54) is 12.5 Å². The number of halogens is 1. The topological polar surface area (TPSA) is 58.3 Å². The van der Waals surface area contributed by atoms with Gasteiger partial charge in [0.1, 0.15) is 5.82 Å². The molecule has 2 N–H and O–H groups in total. The molecule has 4 bridgehead atoms. The fourth-order valence-corrected chi connectivity index (χ4v) is 7.38. The van der Waals surface area contributed by atoms with Gasteiger partial charge in [-0.3, -0.25) is 0 Å². The average Bonchev–Trinajstić information content (AvgIpc) is 3.16. The predicted molar refractivity (Wildman–Crippen MR) is 98.1 cm³/mol. The van der Waals surface area contributed by atoms with Crippen LogP contribution in [0.4, 0.5) is 4.39 Å². The van der Waals surface area contributed by atoms with Gasteiger partial charge in [0.15, 0.2) is 0 Å². The van der Waals surface area contributed by atoms with Crippen molar-refractivity contribution in [1.29, 1.82) is 0 Å². The third kappa shape index (κ3) is 2.18. The summed E-state index contributed by atoms with van der Waals surface area (Å²) in [5.41, 5.74) is 1.67.